The van der Waals surface area contributed by atoms with Crippen molar-refractivity contribution in [2.45, 2.75) is 43.1 Å². The van der Waals surface area contributed by atoms with Crippen molar-refractivity contribution in [3.8, 4) is 0 Å². The molecule has 3 aliphatic rings. The van der Waals surface area contributed by atoms with Gasteiger partial charge in [-0.15, -0.1) is 0 Å². The summed E-state index contributed by atoms with van der Waals surface area (Å²) in [4.78, 5) is 29.0. The van der Waals surface area contributed by atoms with Crippen LogP contribution in [0.2, 0.25) is 0 Å². The lowest BCUT2D eigenvalue weighted by Crippen LogP contribution is -2.50. The summed E-state index contributed by atoms with van der Waals surface area (Å²) in [5.41, 5.74) is 0.0131. The van der Waals surface area contributed by atoms with Gasteiger partial charge in [0, 0.05) is 17.8 Å². The Bertz CT molecular complexity index is 1250. The molecule has 2 aromatic carbocycles. The van der Waals surface area contributed by atoms with E-state index in [-0.39, 0.29) is 28.8 Å². The summed E-state index contributed by atoms with van der Waals surface area (Å²) < 4.78 is 39.7. The monoisotopic (exact) mass is 523 g/mol. The minimum absolute atomic E-state index is 0.0161. The summed E-state index contributed by atoms with van der Waals surface area (Å²) in [6.07, 6.45) is 4.69. The van der Waals surface area contributed by atoms with Gasteiger partial charge in [0.1, 0.15) is 23.3 Å². The molecule has 1 amide bonds. The maximum Gasteiger partial charge on any atom is 0.337 e. The van der Waals surface area contributed by atoms with Gasteiger partial charge in [0.25, 0.3) is 5.91 Å². The van der Waals surface area contributed by atoms with Crippen LogP contribution in [0.25, 0.3) is 0 Å². The largest absolute Gasteiger partial charge is 0.466 e. The molecule has 9 heteroatoms. The van der Waals surface area contributed by atoms with E-state index in [1.165, 1.54) is 19.2 Å². The van der Waals surface area contributed by atoms with E-state index in [1.54, 1.807) is 12.2 Å². The van der Waals surface area contributed by atoms with E-state index in [1.807, 2.05) is 37.4 Å². The van der Waals surface area contributed by atoms with E-state index in [2.05, 4.69) is 15.5 Å². The smallest absolute Gasteiger partial charge is 0.337 e. The second kappa shape index (κ2) is 10.7. The zero-order valence-electron chi connectivity index (χ0n) is 21.4. The molecule has 3 heterocycles. The Labute approximate surface area is 220 Å². The topological polar surface area (TPSA) is 79.9 Å². The second-order valence-corrected chi connectivity index (χ2v) is 10.1. The van der Waals surface area contributed by atoms with Crippen LogP contribution in [0.15, 0.2) is 71.8 Å². The van der Waals surface area contributed by atoms with Crippen LogP contribution in [-0.4, -0.2) is 67.8 Å². The number of piperidine rings is 1. The fourth-order valence-electron chi connectivity index (χ4n) is 5.57. The Balaban J connectivity index is 1.53. The van der Waals surface area contributed by atoms with Gasteiger partial charge < -0.3 is 25.0 Å². The number of fused-ring (bicyclic) bond motifs is 2. The van der Waals surface area contributed by atoms with Crippen molar-refractivity contribution in [3.05, 3.63) is 89.0 Å². The summed E-state index contributed by atoms with van der Waals surface area (Å²) >= 11 is 0. The van der Waals surface area contributed by atoms with E-state index < -0.39 is 35.4 Å². The van der Waals surface area contributed by atoms with Crippen LogP contribution < -0.4 is 10.6 Å². The molecule has 2 bridgehead atoms. The molecule has 0 aliphatic carbocycles. The fraction of sp³-hybridized carbons (Fsp3) is 0.379. The van der Waals surface area contributed by atoms with Crippen LogP contribution in [0.3, 0.4) is 0 Å². The number of rotatable bonds is 8. The molecule has 7 nitrogen and oxygen atoms in total. The van der Waals surface area contributed by atoms with E-state index >= 15 is 0 Å². The number of esters is 1. The molecule has 200 valence electrons. The zero-order chi connectivity index (χ0) is 26.9. The van der Waals surface area contributed by atoms with Gasteiger partial charge >= 0.3 is 5.97 Å². The molecule has 1 saturated heterocycles. The van der Waals surface area contributed by atoms with Gasteiger partial charge in [-0.2, -0.15) is 0 Å². The maximum atomic E-state index is 14.1. The van der Waals surface area contributed by atoms with Gasteiger partial charge in [-0.25, -0.2) is 13.6 Å². The predicted molar refractivity (Wildman–Crippen MR) is 138 cm³/mol. The standard InChI is InChI=1S/C29H31F2N3O4/c1-34-12-9-21(10-13-34)33-27(35)25-23-8-11-29(38-23,26(25)28(36)37-2)24(14-18-6-4-3-5-7-18)32-22-16-19(30)15-20(31)17-22/h3-8,11,15-17,21,23-24,32H,9-10,12-14H2,1-2H3,(H,33,35). The number of anilines is 1. The predicted octanol–water partition coefficient (Wildman–Crippen LogP) is 3.38. The molecule has 0 radical (unpaired) electrons. The summed E-state index contributed by atoms with van der Waals surface area (Å²) in [6, 6.07) is 11.9. The number of benzene rings is 2. The number of nitrogens with zero attached hydrogens (tertiary/aromatic N) is 1. The van der Waals surface area contributed by atoms with Gasteiger partial charge in [-0.3, -0.25) is 4.79 Å². The third kappa shape index (κ3) is 5.08. The van der Waals surface area contributed by atoms with Crippen LogP contribution in [0, 0.1) is 11.6 Å². The number of nitrogens with one attached hydrogen (secondary N) is 2. The third-order valence-electron chi connectivity index (χ3n) is 7.48. The molecule has 0 aromatic heterocycles. The number of carbonyl (C=O) groups excluding carboxylic acids is 2. The SMILES string of the molecule is COC(=O)C1=C(C(=O)NC2CCN(C)CC2)C2C=CC1(C(Cc1ccccc1)Nc1cc(F)cc(F)c1)O2. The molecule has 38 heavy (non-hydrogen) atoms. The minimum Gasteiger partial charge on any atom is -0.466 e. The lowest BCUT2D eigenvalue weighted by atomic mass is 9.78. The summed E-state index contributed by atoms with van der Waals surface area (Å²) in [5.74, 6) is -2.53. The molecule has 5 rings (SSSR count). The zero-order valence-corrected chi connectivity index (χ0v) is 21.4. The molecule has 3 unspecified atom stereocenters. The van der Waals surface area contributed by atoms with Gasteiger partial charge in [-0.1, -0.05) is 36.4 Å². The highest BCUT2D eigenvalue weighted by atomic mass is 19.1. The summed E-state index contributed by atoms with van der Waals surface area (Å²) in [7, 11) is 3.30. The first-order valence-corrected chi connectivity index (χ1v) is 12.7. The maximum absolute atomic E-state index is 14.1. The normalized spacial score (nSPS) is 23.9. The van der Waals surface area contributed by atoms with Crippen molar-refractivity contribution in [2.75, 3.05) is 32.6 Å². The van der Waals surface area contributed by atoms with Crippen LogP contribution in [0.5, 0.6) is 0 Å². The first kappa shape index (κ1) is 26.1. The molecule has 2 aromatic rings. The van der Waals surface area contributed by atoms with Crippen molar-refractivity contribution >= 4 is 17.6 Å². The number of likely N-dealkylation sites (tertiary alicyclic amines) is 1. The van der Waals surface area contributed by atoms with Crippen molar-refractivity contribution in [2.24, 2.45) is 0 Å². The Morgan fingerprint density at radius 1 is 1.13 bits per heavy atom. The Kier molecular flexibility index (Phi) is 7.32. The average Bonchev–Trinajstić information content (AvgIpc) is 3.47. The molecule has 0 spiro atoms. The first-order valence-electron chi connectivity index (χ1n) is 12.7. The highest BCUT2D eigenvalue weighted by Gasteiger charge is 2.58. The van der Waals surface area contributed by atoms with Crippen LogP contribution in [0.1, 0.15) is 18.4 Å². The summed E-state index contributed by atoms with van der Waals surface area (Å²) in [6.45, 7) is 1.73. The minimum atomic E-state index is -1.39. The van der Waals surface area contributed by atoms with Crippen molar-refractivity contribution in [1.29, 1.82) is 0 Å². The molecule has 1 fully saturated rings. The quantitative estimate of drug-likeness (QED) is 0.408. The van der Waals surface area contributed by atoms with Crippen molar-refractivity contribution < 1.29 is 27.8 Å². The molecule has 2 N–H and O–H groups in total. The highest BCUT2D eigenvalue weighted by Crippen LogP contribution is 2.47. The molecular formula is C29H31F2N3O4. The molecular weight excluding hydrogens is 492 g/mol. The molecule has 3 aliphatic heterocycles. The number of carbonyl (C=O) groups is 2. The Hall–Kier alpha value is -3.56. The van der Waals surface area contributed by atoms with Gasteiger partial charge in [0.2, 0.25) is 0 Å². The lowest BCUT2D eigenvalue weighted by Gasteiger charge is -2.36. The average molecular weight is 524 g/mol. The third-order valence-corrected chi connectivity index (χ3v) is 7.48. The Morgan fingerprint density at radius 2 is 1.82 bits per heavy atom. The fourth-order valence-corrected chi connectivity index (χ4v) is 5.57. The molecule has 0 saturated carbocycles. The van der Waals surface area contributed by atoms with E-state index in [4.69, 9.17) is 9.47 Å². The van der Waals surface area contributed by atoms with Crippen molar-refractivity contribution in [3.63, 3.8) is 0 Å². The summed E-state index contributed by atoms with van der Waals surface area (Å²) in [5, 5.41) is 6.27. The number of hydrogen-bond donors (Lipinski definition) is 2. The van der Waals surface area contributed by atoms with Gasteiger partial charge in [-0.05, 0) is 63.2 Å². The number of methoxy groups -OCH3 is 1. The van der Waals surface area contributed by atoms with Gasteiger partial charge in [0.05, 0.1) is 24.3 Å². The Morgan fingerprint density at radius 3 is 2.47 bits per heavy atom. The van der Waals surface area contributed by atoms with Crippen LogP contribution in [-0.2, 0) is 25.5 Å². The van der Waals surface area contributed by atoms with E-state index in [0.717, 1.165) is 37.6 Å². The number of hydrogen-bond acceptors (Lipinski definition) is 6. The number of amides is 1. The molecule has 3 atom stereocenters. The van der Waals surface area contributed by atoms with E-state index in [9.17, 15) is 18.4 Å². The number of ether oxygens (including phenoxy) is 2. The van der Waals surface area contributed by atoms with Crippen LogP contribution >= 0.6 is 0 Å². The van der Waals surface area contributed by atoms with Gasteiger partial charge in [0.15, 0.2) is 0 Å². The van der Waals surface area contributed by atoms with Crippen LogP contribution in [0.4, 0.5) is 14.5 Å². The highest BCUT2D eigenvalue weighted by molar-refractivity contribution is 6.07. The first-order chi connectivity index (χ1) is 18.3. The van der Waals surface area contributed by atoms with Crippen molar-refractivity contribution in [1.82, 2.24) is 10.2 Å². The van der Waals surface area contributed by atoms with E-state index in [0.29, 0.717) is 6.42 Å². The lowest BCUT2D eigenvalue weighted by molar-refractivity contribution is -0.138. The number of halogens is 2. The second-order valence-electron chi connectivity index (χ2n) is 10.1.